The number of carbonyl (C=O) groups is 1. The van der Waals surface area contributed by atoms with Crippen LogP contribution in [0.3, 0.4) is 0 Å². The molecule has 4 heteroatoms. The quantitative estimate of drug-likeness (QED) is 0.791. The van der Waals surface area contributed by atoms with Gasteiger partial charge >= 0.3 is 0 Å². The van der Waals surface area contributed by atoms with Crippen LogP contribution in [0.4, 0.5) is 0 Å². The second-order valence-corrected chi connectivity index (χ2v) is 5.39. The van der Waals surface area contributed by atoms with Crippen molar-refractivity contribution >= 4 is 17.7 Å². The summed E-state index contributed by atoms with van der Waals surface area (Å²) in [7, 11) is 0. The van der Waals surface area contributed by atoms with Gasteiger partial charge in [-0.05, 0) is 30.9 Å². The summed E-state index contributed by atoms with van der Waals surface area (Å²) >= 11 is 1.70. The smallest absolute Gasteiger partial charge is 0.224 e. The fourth-order valence-electron chi connectivity index (χ4n) is 1.66. The minimum atomic E-state index is -0.445. The van der Waals surface area contributed by atoms with Crippen molar-refractivity contribution in [2.24, 2.45) is 0 Å². The SMILES string of the molecule is CSCCC(O)CNC(=O)Cc1cccc(C)c1. The molecule has 0 aliphatic heterocycles. The molecule has 100 valence electrons. The molecule has 0 aliphatic carbocycles. The van der Waals surface area contributed by atoms with Crippen LogP contribution in [0.15, 0.2) is 24.3 Å². The molecule has 1 unspecified atom stereocenters. The highest BCUT2D eigenvalue weighted by Gasteiger charge is 2.07. The van der Waals surface area contributed by atoms with E-state index in [0.717, 1.165) is 16.9 Å². The summed E-state index contributed by atoms with van der Waals surface area (Å²) in [6, 6.07) is 7.90. The van der Waals surface area contributed by atoms with Gasteiger partial charge in [-0.2, -0.15) is 11.8 Å². The molecule has 1 amide bonds. The Morgan fingerprint density at radius 2 is 2.28 bits per heavy atom. The molecule has 1 atom stereocenters. The van der Waals surface area contributed by atoms with E-state index in [2.05, 4.69) is 5.32 Å². The maximum Gasteiger partial charge on any atom is 0.224 e. The van der Waals surface area contributed by atoms with E-state index < -0.39 is 6.10 Å². The monoisotopic (exact) mass is 267 g/mol. The lowest BCUT2D eigenvalue weighted by atomic mass is 10.1. The highest BCUT2D eigenvalue weighted by molar-refractivity contribution is 7.98. The van der Waals surface area contributed by atoms with E-state index >= 15 is 0 Å². The highest BCUT2D eigenvalue weighted by atomic mass is 32.2. The van der Waals surface area contributed by atoms with Gasteiger partial charge in [-0.3, -0.25) is 4.79 Å². The summed E-state index contributed by atoms with van der Waals surface area (Å²) in [6.07, 6.45) is 2.64. The average molecular weight is 267 g/mol. The molecule has 2 N–H and O–H groups in total. The molecular weight excluding hydrogens is 246 g/mol. The lowest BCUT2D eigenvalue weighted by molar-refractivity contribution is -0.120. The number of aliphatic hydroxyl groups is 1. The van der Waals surface area contributed by atoms with Crippen LogP contribution in [0.5, 0.6) is 0 Å². The molecule has 1 aromatic rings. The number of hydrogen-bond acceptors (Lipinski definition) is 3. The van der Waals surface area contributed by atoms with Gasteiger partial charge in [0.15, 0.2) is 0 Å². The van der Waals surface area contributed by atoms with Gasteiger partial charge in [0, 0.05) is 6.54 Å². The van der Waals surface area contributed by atoms with E-state index in [-0.39, 0.29) is 5.91 Å². The number of carbonyl (C=O) groups excluding carboxylic acids is 1. The fraction of sp³-hybridized carbons (Fsp3) is 0.500. The largest absolute Gasteiger partial charge is 0.391 e. The number of nitrogens with one attached hydrogen (secondary N) is 1. The first-order valence-corrected chi connectivity index (χ1v) is 7.50. The van der Waals surface area contributed by atoms with Crippen LogP contribution in [0.1, 0.15) is 17.5 Å². The number of aliphatic hydroxyl groups excluding tert-OH is 1. The Morgan fingerprint density at radius 1 is 1.50 bits per heavy atom. The van der Waals surface area contributed by atoms with Crippen molar-refractivity contribution in [3.05, 3.63) is 35.4 Å². The topological polar surface area (TPSA) is 49.3 Å². The lowest BCUT2D eigenvalue weighted by Crippen LogP contribution is -2.33. The third-order valence-corrected chi connectivity index (χ3v) is 3.28. The molecule has 0 saturated heterocycles. The molecule has 1 rings (SSSR count). The van der Waals surface area contributed by atoms with E-state index in [4.69, 9.17) is 0 Å². The van der Waals surface area contributed by atoms with Crippen molar-refractivity contribution in [3.63, 3.8) is 0 Å². The van der Waals surface area contributed by atoms with E-state index in [0.29, 0.717) is 19.4 Å². The molecule has 0 bridgehead atoms. The number of benzene rings is 1. The molecule has 0 saturated carbocycles. The molecular formula is C14H21NO2S. The molecule has 1 aromatic carbocycles. The summed E-state index contributed by atoms with van der Waals surface area (Å²) in [5, 5.41) is 12.4. The highest BCUT2D eigenvalue weighted by Crippen LogP contribution is 2.04. The number of aryl methyl sites for hydroxylation is 1. The summed E-state index contributed by atoms with van der Waals surface area (Å²) < 4.78 is 0. The summed E-state index contributed by atoms with van der Waals surface area (Å²) in [5.74, 6) is 0.873. The Labute approximate surface area is 113 Å². The molecule has 0 aromatic heterocycles. The van der Waals surface area contributed by atoms with Gasteiger partial charge in [0.25, 0.3) is 0 Å². The van der Waals surface area contributed by atoms with Crippen molar-refractivity contribution in [3.8, 4) is 0 Å². The minimum absolute atomic E-state index is 0.0381. The second kappa shape index (κ2) is 8.16. The summed E-state index contributed by atoms with van der Waals surface area (Å²) in [6.45, 7) is 2.35. The van der Waals surface area contributed by atoms with Crippen molar-refractivity contribution < 1.29 is 9.90 Å². The van der Waals surface area contributed by atoms with Gasteiger partial charge in [-0.15, -0.1) is 0 Å². The van der Waals surface area contributed by atoms with Crippen molar-refractivity contribution in [1.82, 2.24) is 5.32 Å². The Balaban J connectivity index is 2.29. The standard InChI is InChI=1S/C14H21NO2S/c1-11-4-3-5-12(8-11)9-14(17)15-10-13(16)6-7-18-2/h3-5,8,13,16H,6-7,9-10H2,1-2H3,(H,15,17). The van der Waals surface area contributed by atoms with Crippen molar-refractivity contribution in [2.45, 2.75) is 25.9 Å². The van der Waals surface area contributed by atoms with Crippen LogP contribution >= 0.6 is 11.8 Å². The van der Waals surface area contributed by atoms with Gasteiger partial charge < -0.3 is 10.4 Å². The average Bonchev–Trinajstić information content (AvgIpc) is 2.34. The van der Waals surface area contributed by atoms with E-state index in [1.165, 1.54) is 0 Å². The third-order valence-electron chi connectivity index (χ3n) is 2.64. The van der Waals surface area contributed by atoms with Crippen LogP contribution in [0, 0.1) is 6.92 Å². The van der Waals surface area contributed by atoms with Crippen LogP contribution in [-0.2, 0) is 11.2 Å². The van der Waals surface area contributed by atoms with Crippen LogP contribution < -0.4 is 5.32 Å². The van der Waals surface area contributed by atoms with Crippen LogP contribution in [0.25, 0.3) is 0 Å². The fourth-order valence-corrected chi connectivity index (χ4v) is 2.17. The minimum Gasteiger partial charge on any atom is -0.391 e. The number of thioether (sulfide) groups is 1. The molecule has 3 nitrogen and oxygen atoms in total. The van der Waals surface area contributed by atoms with Gasteiger partial charge in [0.05, 0.1) is 12.5 Å². The Kier molecular flexibility index (Phi) is 6.83. The molecule has 0 heterocycles. The zero-order valence-electron chi connectivity index (χ0n) is 11.0. The molecule has 0 aliphatic rings. The molecule has 0 fully saturated rings. The predicted molar refractivity (Wildman–Crippen MR) is 76.9 cm³/mol. The Hall–Kier alpha value is -1.00. The first kappa shape index (κ1) is 15.1. The third kappa shape index (κ3) is 6.07. The maximum absolute atomic E-state index is 11.7. The van der Waals surface area contributed by atoms with Gasteiger partial charge in [0.2, 0.25) is 5.91 Å². The first-order valence-electron chi connectivity index (χ1n) is 6.11. The molecule has 0 radical (unpaired) electrons. The number of hydrogen-bond donors (Lipinski definition) is 2. The zero-order chi connectivity index (χ0) is 13.4. The van der Waals surface area contributed by atoms with Gasteiger partial charge in [-0.25, -0.2) is 0 Å². The van der Waals surface area contributed by atoms with Crippen LogP contribution in [-0.4, -0.2) is 35.7 Å². The van der Waals surface area contributed by atoms with Gasteiger partial charge in [-0.1, -0.05) is 29.8 Å². The van der Waals surface area contributed by atoms with E-state index in [1.807, 2.05) is 37.4 Å². The normalized spacial score (nSPS) is 12.2. The van der Waals surface area contributed by atoms with Crippen LogP contribution in [0.2, 0.25) is 0 Å². The summed E-state index contributed by atoms with van der Waals surface area (Å²) in [4.78, 5) is 11.7. The van der Waals surface area contributed by atoms with E-state index in [1.54, 1.807) is 11.8 Å². The summed E-state index contributed by atoms with van der Waals surface area (Å²) in [5.41, 5.74) is 2.16. The Bertz CT molecular complexity index is 382. The second-order valence-electron chi connectivity index (χ2n) is 4.41. The zero-order valence-corrected chi connectivity index (χ0v) is 11.8. The van der Waals surface area contributed by atoms with E-state index in [9.17, 15) is 9.90 Å². The number of amides is 1. The number of rotatable bonds is 7. The van der Waals surface area contributed by atoms with Crippen molar-refractivity contribution in [2.75, 3.05) is 18.6 Å². The first-order chi connectivity index (χ1) is 8.61. The molecule has 18 heavy (non-hydrogen) atoms. The predicted octanol–water partition coefficient (Wildman–Crippen LogP) is 1.77. The van der Waals surface area contributed by atoms with Crippen molar-refractivity contribution in [1.29, 1.82) is 0 Å². The lowest BCUT2D eigenvalue weighted by Gasteiger charge is -2.11. The van der Waals surface area contributed by atoms with Gasteiger partial charge in [0.1, 0.15) is 0 Å². The Morgan fingerprint density at radius 3 is 2.94 bits per heavy atom. The maximum atomic E-state index is 11.7. The molecule has 0 spiro atoms.